The van der Waals surface area contributed by atoms with E-state index >= 15 is 0 Å². The number of carboxylic acids is 1. The third-order valence-corrected chi connectivity index (χ3v) is 1.07. The van der Waals surface area contributed by atoms with Gasteiger partial charge in [0.1, 0.15) is 0 Å². The van der Waals surface area contributed by atoms with E-state index in [-0.39, 0.29) is 12.8 Å². The molecule has 0 spiro atoms. The Hall–Kier alpha value is -0.600. The molecule has 0 heterocycles. The molecule has 0 aliphatic heterocycles. The third kappa shape index (κ3) is 0.577. The summed E-state index contributed by atoms with van der Waals surface area (Å²) in [6.07, 6.45) is 0.394. The molecule has 7 heavy (non-hydrogen) atoms. The van der Waals surface area contributed by atoms with Crippen LogP contribution in [0.5, 0.6) is 0 Å². The second kappa shape index (κ2) is 0.967. The Balaban J connectivity index is 2.55. The molecule has 0 aromatic carbocycles. The molecule has 1 saturated carbocycles. The summed E-state index contributed by atoms with van der Waals surface area (Å²) in [6, 6.07) is 0. The zero-order valence-corrected chi connectivity index (χ0v) is 3.65. The standard InChI is InChI=1S/C4H5FO2/c5-4(1-2-4)3(6)7/h1-2H2,(H,6,7). The van der Waals surface area contributed by atoms with Gasteiger partial charge < -0.3 is 5.11 Å². The average Bonchev–Trinajstić information content (AvgIpc) is 2.21. The molecule has 1 aliphatic carbocycles. The van der Waals surface area contributed by atoms with E-state index in [1.807, 2.05) is 0 Å². The first-order valence-corrected chi connectivity index (χ1v) is 2.07. The maximum absolute atomic E-state index is 12.0. The van der Waals surface area contributed by atoms with Crippen molar-refractivity contribution in [2.24, 2.45) is 0 Å². The molecular formula is C4H5FO2. The van der Waals surface area contributed by atoms with Gasteiger partial charge in [-0.05, 0) is 12.8 Å². The fourth-order valence-corrected chi connectivity index (χ4v) is 0.324. The first-order chi connectivity index (χ1) is 3.15. The molecule has 1 fully saturated rings. The van der Waals surface area contributed by atoms with Crippen molar-refractivity contribution in [3.63, 3.8) is 0 Å². The number of rotatable bonds is 1. The number of aliphatic carboxylic acids is 1. The molecule has 3 heteroatoms. The highest BCUT2D eigenvalue weighted by molar-refractivity contribution is 5.80. The molecule has 1 N–H and O–H groups in total. The Morgan fingerprint density at radius 2 is 2.14 bits per heavy atom. The van der Waals surface area contributed by atoms with Crippen LogP contribution in [-0.2, 0) is 4.79 Å². The van der Waals surface area contributed by atoms with Gasteiger partial charge in [0, 0.05) is 0 Å². The number of hydrogen-bond acceptors (Lipinski definition) is 1. The highest BCUT2D eigenvalue weighted by Crippen LogP contribution is 2.39. The van der Waals surface area contributed by atoms with E-state index in [1.165, 1.54) is 0 Å². The normalized spacial score (nSPS) is 24.1. The maximum Gasteiger partial charge on any atom is 0.341 e. The monoisotopic (exact) mass is 104 g/mol. The van der Waals surface area contributed by atoms with Gasteiger partial charge in [-0.1, -0.05) is 0 Å². The van der Waals surface area contributed by atoms with Gasteiger partial charge in [0.2, 0.25) is 5.67 Å². The van der Waals surface area contributed by atoms with Crippen LogP contribution in [0.15, 0.2) is 0 Å². The molecule has 0 atom stereocenters. The minimum absolute atomic E-state index is 0.197. The van der Waals surface area contributed by atoms with Gasteiger partial charge in [-0.15, -0.1) is 0 Å². The predicted molar refractivity (Wildman–Crippen MR) is 20.7 cm³/mol. The van der Waals surface area contributed by atoms with Gasteiger partial charge in [0.05, 0.1) is 0 Å². The predicted octanol–water partition coefficient (Wildman–Crippen LogP) is 0.573. The molecule has 1 aliphatic rings. The van der Waals surface area contributed by atoms with Gasteiger partial charge in [-0.25, -0.2) is 9.18 Å². The number of alkyl halides is 1. The molecule has 1 rings (SSSR count). The van der Waals surface area contributed by atoms with Crippen LogP contribution in [0.25, 0.3) is 0 Å². The zero-order valence-electron chi connectivity index (χ0n) is 3.65. The zero-order chi connectivity index (χ0) is 5.49. The average molecular weight is 104 g/mol. The maximum atomic E-state index is 12.0. The summed E-state index contributed by atoms with van der Waals surface area (Å²) in [7, 11) is 0. The lowest BCUT2D eigenvalue weighted by Gasteiger charge is -1.90. The molecule has 0 aromatic rings. The van der Waals surface area contributed by atoms with Crippen molar-refractivity contribution in [2.75, 3.05) is 0 Å². The Kier molecular flexibility index (Phi) is 0.629. The second-order valence-corrected chi connectivity index (χ2v) is 1.77. The Labute approximate surface area is 39.9 Å². The summed E-state index contributed by atoms with van der Waals surface area (Å²) in [4.78, 5) is 9.71. The minimum atomic E-state index is -1.83. The highest BCUT2D eigenvalue weighted by Gasteiger charge is 2.51. The molecule has 2 nitrogen and oxygen atoms in total. The fourth-order valence-electron chi connectivity index (χ4n) is 0.324. The second-order valence-electron chi connectivity index (χ2n) is 1.77. The quantitative estimate of drug-likeness (QED) is 0.528. The van der Waals surface area contributed by atoms with Crippen LogP contribution in [0.4, 0.5) is 4.39 Å². The Morgan fingerprint density at radius 1 is 1.71 bits per heavy atom. The van der Waals surface area contributed by atoms with E-state index in [1.54, 1.807) is 0 Å². The van der Waals surface area contributed by atoms with Gasteiger partial charge in [-0.2, -0.15) is 0 Å². The van der Waals surface area contributed by atoms with Crippen LogP contribution in [-0.4, -0.2) is 16.7 Å². The van der Waals surface area contributed by atoms with Crippen molar-refractivity contribution in [2.45, 2.75) is 18.5 Å². The van der Waals surface area contributed by atoms with Crippen molar-refractivity contribution in [1.82, 2.24) is 0 Å². The van der Waals surface area contributed by atoms with E-state index in [0.29, 0.717) is 0 Å². The van der Waals surface area contributed by atoms with Gasteiger partial charge >= 0.3 is 5.97 Å². The third-order valence-electron chi connectivity index (χ3n) is 1.07. The largest absolute Gasteiger partial charge is 0.479 e. The summed E-state index contributed by atoms with van der Waals surface area (Å²) >= 11 is 0. The first-order valence-electron chi connectivity index (χ1n) is 2.07. The molecule has 0 saturated heterocycles. The molecule has 0 radical (unpaired) electrons. The highest BCUT2D eigenvalue weighted by atomic mass is 19.1. The van der Waals surface area contributed by atoms with Crippen molar-refractivity contribution < 1.29 is 14.3 Å². The summed E-state index contributed by atoms with van der Waals surface area (Å²) in [5, 5.41) is 7.94. The number of halogens is 1. The number of carboxylic acid groups (broad SMARTS) is 1. The summed E-state index contributed by atoms with van der Waals surface area (Å²) in [6.45, 7) is 0. The fraction of sp³-hybridized carbons (Fsp3) is 0.750. The smallest absolute Gasteiger partial charge is 0.341 e. The topological polar surface area (TPSA) is 37.3 Å². The lowest BCUT2D eigenvalue weighted by Crippen LogP contribution is -2.14. The van der Waals surface area contributed by atoms with Crippen LogP contribution in [0, 0.1) is 0 Å². The van der Waals surface area contributed by atoms with Crippen LogP contribution >= 0.6 is 0 Å². The van der Waals surface area contributed by atoms with Gasteiger partial charge in [0.15, 0.2) is 0 Å². The molecular weight excluding hydrogens is 99.0 g/mol. The van der Waals surface area contributed by atoms with Crippen LogP contribution in [0.1, 0.15) is 12.8 Å². The molecule has 0 amide bonds. The molecule has 0 unspecified atom stereocenters. The Morgan fingerprint density at radius 3 is 2.14 bits per heavy atom. The van der Waals surface area contributed by atoms with Crippen LogP contribution in [0.3, 0.4) is 0 Å². The molecule has 40 valence electrons. The molecule has 0 bridgehead atoms. The van der Waals surface area contributed by atoms with E-state index in [4.69, 9.17) is 5.11 Å². The summed E-state index contributed by atoms with van der Waals surface area (Å²) < 4.78 is 12.0. The van der Waals surface area contributed by atoms with Crippen molar-refractivity contribution in [3.8, 4) is 0 Å². The number of hydrogen-bond donors (Lipinski definition) is 1. The lowest BCUT2D eigenvalue weighted by atomic mass is 10.4. The lowest BCUT2D eigenvalue weighted by molar-refractivity contribution is -0.144. The SMILES string of the molecule is O=C(O)C1(F)CC1. The van der Waals surface area contributed by atoms with Crippen LogP contribution < -0.4 is 0 Å². The molecule has 0 aromatic heterocycles. The van der Waals surface area contributed by atoms with E-state index in [2.05, 4.69) is 0 Å². The summed E-state index contributed by atoms with van der Waals surface area (Å²) in [5.41, 5.74) is -1.83. The van der Waals surface area contributed by atoms with E-state index < -0.39 is 11.6 Å². The van der Waals surface area contributed by atoms with E-state index in [0.717, 1.165) is 0 Å². The van der Waals surface area contributed by atoms with Gasteiger partial charge in [0.25, 0.3) is 0 Å². The van der Waals surface area contributed by atoms with Crippen molar-refractivity contribution in [3.05, 3.63) is 0 Å². The number of carbonyl (C=O) groups is 1. The minimum Gasteiger partial charge on any atom is -0.479 e. The first kappa shape index (κ1) is 4.56. The van der Waals surface area contributed by atoms with Gasteiger partial charge in [-0.3, -0.25) is 0 Å². The van der Waals surface area contributed by atoms with Crippen molar-refractivity contribution >= 4 is 5.97 Å². The van der Waals surface area contributed by atoms with E-state index in [9.17, 15) is 9.18 Å². The Bertz CT molecular complexity index is 106. The summed E-state index contributed by atoms with van der Waals surface area (Å²) in [5.74, 6) is -1.31. The van der Waals surface area contributed by atoms with Crippen LogP contribution in [0.2, 0.25) is 0 Å². The van der Waals surface area contributed by atoms with Crippen molar-refractivity contribution in [1.29, 1.82) is 0 Å².